The number of hydrogen-bond acceptors (Lipinski definition) is 6. The van der Waals surface area contributed by atoms with E-state index >= 15 is 0 Å². The Morgan fingerprint density at radius 3 is 2.65 bits per heavy atom. The molecule has 0 aliphatic carbocycles. The van der Waals surface area contributed by atoms with Gasteiger partial charge in [0.15, 0.2) is 5.76 Å². The highest BCUT2D eigenvalue weighted by atomic mass is 16.6. The first-order valence-corrected chi connectivity index (χ1v) is 10.9. The largest absolute Gasteiger partial charge is 0.496 e. The van der Waals surface area contributed by atoms with E-state index in [0.29, 0.717) is 24.2 Å². The monoisotopic (exact) mass is 429 g/mol. The van der Waals surface area contributed by atoms with Gasteiger partial charge in [0.05, 0.1) is 14.2 Å². The lowest BCUT2D eigenvalue weighted by molar-refractivity contribution is 0.0624. The lowest BCUT2D eigenvalue weighted by Gasteiger charge is -2.36. The van der Waals surface area contributed by atoms with Crippen LogP contribution in [0.15, 0.2) is 40.8 Å². The van der Waals surface area contributed by atoms with Crippen LogP contribution in [0.25, 0.3) is 0 Å². The van der Waals surface area contributed by atoms with Crippen LogP contribution in [0, 0.1) is 5.92 Å². The number of benzene rings is 1. The summed E-state index contributed by atoms with van der Waals surface area (Å²) in [5.41, 5.74) is 1.20. The van der Waals surface area contributed by atoms with E-state index in [2.05, 4.69) is 21.9 Å². The fraction of sp³-hybridized carbons (Fsp3) is 0.542. The second-order valence-corrected chi connectivity index (χ2v) is 8.43. The van der Waals surface area contributed by atoms with Gasteiger partial charge < -0.3 is 23.7 Å². The highest BCUT2D eigenvalue weighted by molar-refractivity contribution is 5.91. The number of furan rings is 1. The average Bonchev–Trinajstić information content (AvgIpc) is 3.26. The molecule has 0 unspecified atom stereocenters. The van der Waals surface area contributed by atoms with Crippen LogP contribution in [0.4, 0.5) is 0 Å². The number of likely N-dealkylation sites (N-methyl/N-ethyl adjacent to an activating group) is 1. The molecule has 0 radical (unpaired) electrons. The Morgan fingerprint density at radius 2 is 1.94 bits per heavy atom. The minimum absolute atomic E-state index is 0.0768. The fourth-order valence-electron chi connectivity index (χ4n) is 4.13. The molecular weight excluding hydrogens is 394 g/mol. The Morgan fingerprint density at radius 1 is 1.13 bits per heavy atom. The zero-order valence-electron chi connectivity index (χ0n) is 19.2. The zero-order valence-corrected chi connectivity index (χ0v) is 19.2. The number of nitrogens with zero attached hydrogens (tertiary/aromatic N) is 3. The molecule has 0 bridgehead atoms. The van der Waals surface area contributed by atoms with Crippen LogP contribution in [0.3, 0.4) is 0 Å². The van der Waals surface area contributed by atoms with Crippen LogP contribution >= 0.6 is 0 Å². The summed E-state index contributed by atoms with van der Waals surface area (Å²) in [5.74, 6) is 1.96. The second-order valence-electron chi connectivity index (χ2n) is 8.43. The van der Waals surface area contributed by atoms with Gasteiger partial charge in [0.1, 0.15) is 5.75 Å². The van der Waals surface area contributed by atoms with Crippen LogP contribution in [0.5, 0.6) is 11.7 Å². The van der Waals surface area contributed by atoms with Gasteiger partial charge in [-0.2, -0.15) is 0 Å². The van der Waals surface area contributed by atoms with Crippen LogP contribution in [-0.2, 0) is 6.54 Å². The van der Waals surface area contributed by atoms with E-state index in [0.717, 1.165) is 51.3 Å². The standard InChI is InChI=1S/C24H35N3O4/c1-25(2)14-15-27(24(28)22-11-12-23(30-4)31-22)17-19-8-7-13-26(16-19)18-20-9-5-6-10-21(20)29-3/h5-6,9-12,19H,7-8,13-18H2,1-4H3/t19-/m1/s1. The van der Waals surface area contributed by atoms with Gasteiger partial charge in [-0.1, -0.05) is 18.2 Å². The normalized spacial score (nSPS) is 17.0. The summed E-state index contributed by atoms with van der Waals surface area (Å²) in [5, 5.41) is 0. The van der Waals surface area contributed by atoms with E-state index in [-0.39, 0.29) is 5.91 Å². The van der Waals surface area contributed by atoms with E-state index in [1.165, 1.54) is 12.7 Å². The highest BCUT2D eigenvalue weighted by Gasteiger charge is 2.27. The van der Waals surface area contributed by atoms with Crippen molar-refractivity contribution in [3.05, 3.63) is 47.7 Å². The van der Waals surface area contributed by atoms with Crippen LogP contribution in [0.1, 0.15) is 29.0 Å². The van der Waals surface area contributed by atoms with Crippen molar-refractivity contribution in [3.8, 4) is 11.7 Å². The molecule has 3 rings (SSSR count). The first-order valence-electron chi connectivity index (χ1n) is 10.9. The Bertz CT molecular complexity index is 836. The van der Waals surface area contributed by atoms with Crippen molar-refractivity contribution < 1.29 is 18.7 Å². The van der Waals surface area contributed by atoms with Gasteiger partial charge in [-0.15, -0.1) is 0 Å². The molecule has 1 aromatic heterocycles. The molecule has 1 atom stereocenters. The molecule has 2 heterocycles. The van der Waals surface area contributed by atoms with Gasteiger partial charge in [-0.25, -0.2) is 0 Å². The molecule has 1 amide bonds. The first-order chi connectivity index (χ1) is 15.0. The topological polar surface area (TPSA) is 58.4 Å². The van der Waals surface area contributed by atoms with Crippen molar-refractivity contribution in [2.45, 2.75) is 19.4 Å². The number of hydrogen-bond donors (Lipinski definition) is 0. The third kappa shape index (κ3) is 6.48. The van der Waals surface area contributed by atoms with Crippen molar-refractivity contribution in [1.29, 1.82) is 0 Å². The van der Waals surface area contributed by atoms with E-state index in [4.69, 9.17) is 13.9 Å². The third-order valence-corrected chi connectivity index (χ3v) is 5.77. The summed E-state index contributed by atoms with van der Waals surface area (Å²) in [4.78, 5) is 19.6. The van der Waals surface area contributed by atoms with Gasteiger partial charge in [-0.3, -0.25) is 9.69 Å². The predicted molar refractivity (Wildman–Crippen MR) is 121 cm³/mol. The summed E-state index contributed by atoms with van der Waals surface area (Å²) >= 11 is 0. The molecular formula is C24H35N3O4. The van der Waals surface area contributed by atoms with Crippen LogP contribution < -0.4 is 9.47 Å². The van der Waals surface area contributed by atoms with E-state index in [1.54, 1.807) is 19.2 Å². The van der Waals surface area contributed by atoms with Crippen LogP contribution in [0.2, 0.25) is 0 Å². The number of carbonyl (C=O) groups excluding carboxylic acids is 1. The Kier molecular flexibility index (Phi) is 8.37. The maximum atomic E-state index is 13.1. The second kappa shape index (κ2) is 11.2. The van der Waals surface area contributed by atoms with E-state index in [1.807, 2.05) is 31.1 Å². The molecule has 2 aromatic rings. The summed E-state index contributed by atoms with van der Waals surface area (Å²) < 4.78 is 16.2. The van der Waals surface area contributed by atoms with Crippen LogP contribution in [-0.4, -0.2) is 81.6 Å². The lowest BCUT2D eigenvalue weighted by Crippen LogP contribution is -2.44. The van der Waals surface area contributed by atoms with Gasteiger partial charge in [-0.05, 0) is 51.5 Å². The van der Waals surface area contributed by atoms with E-state index < -0.39 is 0 Å². The number of para-hydroxylation sites is 1. The Hall–Kier alpha value is -2.51. The number of piperidine rings is 1. The predicted octanol–water partition coefficient (Wildman–Crippen LogP) is 3.21. The fourth-order valence-corrected chi connectivity index (χ4v) is 4.13. The maximum Gasteiger partial charge on any atom is 0.289 e. The molecule has 1 fully saturated rings. The quantitative estimate of drug-likeness (QED) is 0.578. The number of likely N-dealkylation sites (tertiary alicyclic amines) is 1. The SMILES string of the molecule is COc1ccc(C(=O)N(CCN(C)C)C[C@@H]2CCCN(Cc3ccccc3OC)C2)o1. The molecule has 1 aromatic carbocycles. The Balaban J connectivity index is 1.65. The molecule has 1 aliphatic heterocycles. The smallest absolute Gasteiger partial charge is 0.289 e. The molecule has 0 spiro atoms. The molecule has 1 aliphatic rings. The highest BCUT2D eigenvalue weighted by Crippen LogP contribution is 2.25. The molecule has 7 nitrogen and oxygen atoms in total. The van der Waals surface area contributed by atoms with Crippen molar-refractivity contribution in [3.63, 3.8) is 0 Å². The minimum Gasteiger partial charge on any atom is -0.496 e. The number of amides is 1. The summed E-state index contributed by atoms with van der Waals surface area (Å²) in [7, 11) is 7.30. The van der Waals surface area contributed by atoms with Crippen molar-refractivity contribution >= 4 is 5.91 Å². The lowest BCUT2D eigenvalue weighted by atomic mass is 9.96. The molecule has 31 heavy (non-hydrogen) atoms. The van der Waals surface area contributed by atoms with Crippen molar-refractivity contribution in [1.82, 2.24) is 14.7 Å². The summed E-state index contributed by atoms with van der Waals surface area (Å²) in [6, 6.07) is 11.6. The number of methoxy groups -OCH3 is 2. The molecule has 0 N–H and O–H groups in total. The zero-order chi connectivity index (χ0) is 22.2. The van der Waals surface area contributed by atoms with Gasteiger partial charge >= 0.3 is 0 Å². The first kappa shape index (κ1) is 23.2. The van der Waals surface area contributed by atoms with Gasteiger partial charge in [0, 0.05) is 44.4 Å². The number of rotatable bonds is 10. The summed E-state index contributed by atoms with van der Waals surface area (Å²) in [6.07, 6.45) is 2.25. The molecule has 0 saturated carbocycles. The van der Waals surface area contributed by atoms with Gasteiger partial charge in [0.2, 0.25) is 0 Å². The van der Waals surface area contributed by atoms with Crippen molar-refractivity contribution in [2.24, 2.45) is 5.92 Å². The van der Waals surface area contributed by atoms with Gasteiger partial charge in [0.25, 0.3) is 11.9 Å². The van der Waals surface area contributed by atoms with Crippen molar-refractivity contribution in [2.75, 3.05) is 61.0 Å². The third-order valence-electron chi connectivity index (χ3n) is 5.77. The maximum absolute atomic E-state index is 13.1. The molecule has 170 valence electrons. The molecule has 7 heteroatoms. The summed E-state index contributed by atoms with van der Waals surface area (Å²) in [6.45, 7) is 5.08. The minimum atomic E-state index is -0.0768. The molecule has 1 saturated heterocycles. The number of ether oxygens (including phenoxy) is 2. The Labute approximate surface area is 185 Å². The van der Waals surface area contributed by atoms with E-state index in [9.17, 15) is 4.79 Å². The average molecular weight is 430 g/mol. The number of carbonyl (C=O) groups is 1.